The molecule has 0 bridgehead atoms. The minimum atomic E-state index is 0.269. The molecule has 5 N–H and O–H groups in total. The molecule has 2 unspecified atom stereocenters. The first-order valence-corrected chi connectivity index (χ1v) is 9.55. The number of allylic oxidation sites excluding steroid dienone is 2. The summed E-state index contributed by atoms with van der Waals surface area (Å²) in [6, 6.07) is 0.286. The second-order valence-corrected chi connectivity index (χ2v) is 7.39. The molecule has 2 atom stereocenters. The number of aromatic nitrogens is 4. The van der Waals surface area contributed by atoms with E-state index in [4.69, 9.17) is 10.8 Å². The lowest BCUT2D eigenvalue weighted by atomic mass is 9.95. The number of rotatable bonds is 4. The zero-order chi connectivity index (χ0) is 18.2. The van der Waals surface area contributed by atoms with Crippen molar-refractivity contribution in [3.63, 3.8) is 0 Å². The summed E-state index contributed by atoms with van der Waals surface area (Å²) < 4.78 is 1.99. The predicted octanol–water partition coefficient (Wildman–Crippen LogP) is 1.38. The van der Waals surface area contributed by atoms with Crippen LogP contribution in [0.2, 0.25) is 0 Å². The van der Waals surface area contributed by atoms with Crippen LogP contribution in [-0.2, 0) is 6.54 Å². The zero-order valence-corrected chi connectivity index (χ0v) is 15.1. The van der Waals surface area contributed by atoms with Gasteiger partial charge in [-0.2, -0.15) is 5.10 Å². The van der Waals surface area contributed by atoms with Gasteiger partial charge in [0.15, 0.2) is 11.5 Å². The highest BCUT2D eigenvalue weighted by Gasteiger charge is 2.29. The van der Waals surface area contributed by atoms with Crippen molar-refractivity contribution in [1.29, 1.82) is 0 Å². The molecule has 1 aliphatic carbocycles. The molecule has 0 amide bonds. The van der Waals surface area contributed by atoms with Crippen LogP contribution in [0.25, 0.3) is 11.0 Å². The molecule has 2 aromatic rings. The number of hydrogen-bond acceptors (Lipinski definition) is 7. The van der Waals surface area contributed by atoms with Crippen molar-refractivity contribution < 1.29 is 0 Å². The molecule has 140 valence electrons. The molecule has 3 aliphatic rings. The Morgan fingerprint density at radius 3 is 2.93 bits per heavy atom. The number of nitrogens with zero attached hydrogens (tertiary/aromatic N) is 4. The van der Waals surface area contributed by atoms with Gasteiger partial charge in [-0.25, -0.2) is 14.6 Å². The van der Waals surface area contributed by atoms with Crippen LogP contribution in [0.1, 0.15) is 12.8 Å². The van der Waals surface area contributed by atoms with Crippen molar-refractivity contribution in [2.24, 2.45) is 11.8 Å². The van der Waals surface area contributed by atoms with Gasteiger partial charge < -0.3 is 21.7 Å². The standard InChI is InChI=1S/C19H24N8/c20-17-16-18(25-15-9-22-14-4-2-1-3-13(14)15)26-27(19(16)24-11-23-17)10-12-5-7-21-8-6-12/h1-4,9,11-14,21-22H,5-8,10H2,(H,25,26)(H2,20,23,24). The number of anilines is 2. The smallest absolute Gasteiger partial charge is 0.165 e. The molecular formula is C19H24N8. The maximum atomic E-state index is 6.19. The molecule has 1 saturated heterocycles. The molecule has 8 nitrogen and oxygen atoms in total. The first kappa shape index (κ1) is 16.3. The van der Waals surface area contributed by atoms with Gasteiger partial charge in [0, 0.05) is 24.4 Å². The Hall–Kier alpha value is -2.87. The van der Waals surface area contributed by atoms with Crippen LogP contribution in [-0.4, -0.2) is 38.9 Å². The number of nitrogen functional groups attached to an aromatic ring is 1. The minimum Gasteiger partial charge on any atom is -0.383 e. The second-order valence-electron chi connectivity index (χ2n) is 7.39. The van der Waals surface area contributed by atoms with E-state index in [0.717, 1.165) is 55.0 Å². The third-order valence-corrected chi connectivity index (χ3v) is 5.64. The van der Waals surface area contributed by atoms with Crippen molar-refractivity contribution in [1.82, 2.24) is 30.4 Å². The number of nitrogens with one attached hydrogen (secondary N) is 3. The third-order valence-electron chi connectivity index (χ3n) is 5.64. The lowest BCUT2D eigenvalue weighted by molar-refractivity contribution is 0.325. The van der Waals surface area contributed by atoms with Crippen molar-refractivity contribution in [2.75, 3.05) is 24.1 Å². The molecule has 0 radical (unpaired) electrons. The lowest BCUT2D eigenvalue weighted by Gasteiger charge is -2.22. The predicted molar refractivity (Wildman–Crippen MR) is 106 cm³/mol. The van der Waals surface area contributed by atoms with Crippen LogP contribution in [0, 0.1) is 11.8 Å². The Kier molecular flexibility index (Phi) is 4.05. The second kappa shape index (κ2) is 6.70. The van der Waals surface area contributed by atoms with Crippen LogP contribution in [0.15, 0.2) is 42.5 Å². The van der Waals surface area contributed by atoms with E-state index in [2.05, 4.69) is 50.2 Å². The first-order chi connectivity index (χ1) is 13.3. The van der Waals surface area contributed by atoms with E-state index in [1.807, 2.05) is 10.9 Å². The molecule has 4 heterocycles. The van der Waals surface area contributed by atoms with Gasteiger partial charge in [0.2, 0.25) is 0 Å². The topological polar surface area (TPSA) is 106 Å². The molecule has 5 rings (SSSR count). The molecule has 0 saturated carbocycles. The number of hydrogen-bond donors (Lipinski definition) is 4. The highest BCUT2D eigenvalue weighted by molar-refractivity contribution is 5.96. The van der Waals surface area contributed by atoms with Crippen molar-refractivity contribution >= 4 is 22.7 Å². The van der Waals surface area contributed by atoms with E-state index in [1.165, 1.54) is 6.33 Å². The van der Waals surface area contributed by atoms with Crippen LogP contribution in [0.5, 0.6) is 0 Å². The maximum Gasteiger partial charge on any atom is 0.165 e. The van der Waals surface area contributed by atoms with E-state index < -0.39 is 0 Å². The van der Waals surface area contributed by atoms with Gasteiger partial charge in [-0.3, -0.25) is 0 Å². The Balaban J connectivity index is 1.47. The van der Waals surface area contributed by atoms with Gasteiger partial charge in [0.1, 0.15) is 17.5 Å². The average molecular weight is 364 g/mol. The summed E-state index contributed by atoms with van der Waals surface area (Å²) in [5.41, 5.74) is 8.07. The molecule has 1 fully saturated rings. The summed E-state index contributed by atoms with van der Waals surface area (Å²) >= 11 is 0. The van der Waals surface area contributed by atoms with Gasteiger partial charge in [-0.15, -0.1) is 0 Å². The van der Waals surface area contributed by atoms with Gasteiger partial charge >= 0.3 is 0 Å². The number of piperidine rings is 1. The fraction of sp³-hybridized carbons (Fsp3) is 0.421. The Morgan fingerprint density at radius 1 is 1.19 bits per heavy atom. The summed E-state index contributed by atoms with van der Waals surface area (Å²) in [5, 5.41) is 15.9. The van der Waals surface area contributed by atoms with E-state index in [9.17, 15) is 0 Å². The van der Waals surface area contributed by atoms with Crippen LogP contribution >= 0.6 is 0 Å². The first-order valence-electron chi connectivity index (χ1n) is 9.55. The summed E-state index contributed by atoms with van der Waals surface area (Å²) in [6.07, 6.45) is 14.4. The number of fused-ring (bicyclic) bond motifs is 2. The fourth-order valence-electron chi connectivity index (χ4n) is 4.16. The van der Waals surface area contributed by atoms with Crippen molar-refractivity contribution in [3.05, 3.63) is 42.5 Å². The Morgan fingerprint density at radius 2 is 2.04 bits per heavy atom. The normalized spacial score (nSPS) is 24.7. The summed E-state index contributed by atoms with van der Waals surface area (Å²) in [5.74, 6) is 2.06. The van der Waals surface area contributed by atoms with Gasteiger partial charge in [-0.05, 0) is 31.8 Å². The maximum absolute atomic E-state index is 6.19. The molecule has 8 heteroatoms. The van der Waals surface area contributed by atoms with Gasteiger partial charge in [0.25, 0.3) is 0 Å². The summed E-state index contributed by atoms with van der Waals surface area (Å²) in [6.45, 7) is 2.98. The Bertz CT molecular complexity index is 935. The monoisotopic (exact) mass is 364 g/mol. The van der Waals surface area contributed by atoms with E-state index in [-0.39, 0.29) is 12.0 Å². The molecular weight excluding hydrogens is 340 g/mol. The third kappa shape index (κ3) is 2.95. The van der Waals surface area contributed by atoms with Crippen LogP contribution in [0.3, 0.4) is 0 Å². The highest BCUT2D eigenvalue weighted by Crippen LogP contribution is 2.32. The van der Waals surface area contributed by atoms with E-state index in [0.29, 0.717) is 11.7 Å². The minimum absolute atomic E-state index is 0.269. The SMILES string of the molecule is Nc1ncnc2c1c(NC1=CNC3C=CC=CC13)nn2CC1CCNCC1. The average Bonchev–Trinajstić information content (AvgIpc) is 3.26. The van der Waals surface area contributed by atoms with Crippen molar-refractivity contribution in [2.45, 2.75) is 25.4 Å². The quantitative estimate of drug-likeness (QED) is 0.649. The number of nitrogens with two attached hydrogens (primary N) is 1. The van der Waals surface area contributed by atoms with Crippen LogP contribution < -0.4 is 21.7 Å². The molecule has 2 aromatic heterocycles. The van der Waals surface area contributed by atoms with Gasteiger partial charge in [-0.1, -0.05) is 24.3 Å². The van der Waals surface area contributed by atoms with E-state index >= 15 is 0 Å². The largest absolute Gasteiger partial charge is 0.383 e. The zero-order valence-electron chi connectivity index (χ0n) is 15.1. The van der Waals surface area contributed by atoms with Crippen LogP contribution in [0.4, 0.5) is 11.6 Å². The molecule has 2 aliphatic heterocycles. The fourth-order valence-corrected chi connectivity index (χ4v) is 4.16. The summed E-state index contributed by atoms with van der Waals surface area (Å²) in [7, 11) is 0. The molecule has 27 heavy (non-hydrogen) atoms. The summed E-state index contributed by atoms with van der Waals surface area (Å²) in [4.78, 5) is 8.66. The lowest BCUT2D eigenvalue weighted by Crippen LogP contribution is -2.30. The van der Waals surface area contributed by atoms with E-state index in [1.54, 1.807) is 0 Å². The van der Waals surface area contributed by atoms with Gasteiger partial charge in [0.05, 0.1) is 6.04 Å². The van der Waals surface area contributed by atoms with Crippen molar-refractivity contribution in [3.8, 4) is 0 Å². The molecule has 0 aromatic carbocycles. The molecule has 0 spiro atoms. The Labute approximate surface area is 157 Å². The highest BCUT2D eigenvalue weighted by atomic mass is 15.3.